The number of alkyl halides is 1. The van der Waals surface area contributed by atoms with Gasteiger partial charge in [-0.25, -0.2) is 14.4 Å². The molecule has 1 aliphatic rings. The molecule has 2 heterocycles. The summed E-state index contributed by atoms with van der Waals surface area (Å²) in [6.45, 7) is -0.836. The second-order valence-corrected chi connectivity index (χ2v) is 5.31. The normalized spacial score (nSPS) is 14.5. The number of nitrogens with one attached hydrogen (secondary N) is 1. The number of anilines is 2. The Morgan fingerprint density at radius 3 is 2.86 bits per heavy atom. The van der Waals surface area contributed by atoms with E-state index in [2.05, 4.69) is 20.2 Å². The molecule has 2 aromatic rings. The van der Waals surface area contributed by atoms with Crippen molar-refractivity contribution in [1.29, 1.82) is 0 Å². The van der Waals surface area contributed by atoms with Crippen LogP contribution < -0.4 is 10.2 Å². The SMILES string of the molecule is CN(c1ccc(NC(=O)c2coc(CF)n2)cn1)C1CCC1. The maximum absolute atomic E-state index is 12.3. The molecule has 1 amide bonds. The van der Waals surface area contributed by atoms with Crippen molar-refractivity contribution in [2.45, 2.75) is 32.0 Å². The monoisotopic (exact) mass is 304 g/mol. The van der Waals surface area contributed by atoms with Crippen LogP contribution in [0.15, 0.2) is 29.0 Å². The summed E-state index contributed by atoms with van der Waals surface area (Å²) in [5, 5.41) is 2.65. The number of halogens is 1. The molecule has 116 valence electrons. The third-order valence-electron chi connectivity index (χ3n) is 3.89. The molecule has 0 radical (unpaired) electrons. The molecule has 6 nitrogen and oxygen atoms in total. The van der Waals surface area contributed by atoms with Crippen molar-refractivity contribution in [1.82, 2.24) is 9.97 Å². The zero-order valence-corrected chi connectivity index (χ0v) is 12.3. The fraction of sp³-hybridized carbons (Fsp3) is 0.400. The van der Waals surface area contributed by atoms with Crippen molar-refractivity contribution >= 4 is 17.4 Å². The highest BCUT2D eigenvalue weighted by Crippen LogP contribution is 2.27. The molecule has 1 aliphatic carbocycles. The van der Waals surface area contributed by atoms with E-state index in [0.29, 0.717) is 11.7 Å². The van der Waals surface area contributed by atoms with Crippen molar-refractivity contribution in [3.63, 3.8) is 0 Å². The molecule has 1 saturated carbocycles. The average Bonchev–Trinajstić information content (AvgIpc) is 2.95. The zero-order valence-electron chi connectivity index (χ0n) is 12.3. The van der Waals surface area contributed by atoms with Gasteiger partial charge in [-0.15, -0.1) is 0 Å². The van der Waals surface area contributed by atoms with E-state index in [1.54, 1.807) is 12.3 Å². The van der Waals surface area contributed by atoms with Gasteiger partial charge in [-0.05, 0) is 31.4 Å². The van der Waals surface area contributed by atoms with E-state index < -0.39 is 12.6 Å². The molecule has 0 unspecified atom stereocenters. The maximum Gasteiger partial charge on any atom is 0.277 e. The van der Waals surface area contributed by atoms with Gasteiger partial charge in [0.05, 0.1) is 11.9 Å². The number of aromatic nitrogens is 2. The minimum Gasteiger partial charge on any atom is -0.445 e. The summed E-state index contributed by atoms with van der Waals surface area (Å²) in [7, 11) is 2.03. The number of rotatable bonds is 5. The van der Waals surface area contributed by atoms with Crippen LogP contribution in [0.5, 0.6) is 0 Å². The first-order valence-electron chi connectivity index (χ1n) is 7.18. The van der Waals surface area contributed by atoms with Gasteiger partial charge in [0.15, 0.2) is 12.4 Å². The van der Waals surface area contributed by atoms with Gasteiger partial charge >= 0.3 is 0 Å². The predicted molar refractivity (Wildman–Crippen MR) is 79.5 cm³/mol. The molecule has 0 bridgehead atoms. The Bertz CT molecular complexity index is 652. The molecule has 1 N–H and O–H groups in total. The van der Waals surface area contributed by atoms with Crippen LogP contribution in [0, 0.1) is 0 Å². The van der Waals surface area contributed by atoms with Crippen LogP contribution >= 0.6 is 0 Å². The molecule has 1 fully saturated rings. The number of nitrogens with zero attached hydrogens (tertiary/aromatic N) is 3. The van der Waals surface area contributed by atoms with Gasteiger partial charge in [0.2, 0.25) is 5.89 Å². The smallest absolute Gasteiger partial charge is 0.277 e. The van der Waals surface area contributed by atoms with E-state index in [4.69, 9.17) is 4.42 Å². The largest absolute Gasteiger partial charge is 0.445 e. The Morgan fingerprint density at radius 1 is 1.50 bits per heavy atom. The summed E-state index contributed by atoms with van der Waals surface area (Å²) in [6.07, 6.45) is 6.39. The number of carbonyl (C=O) groups excluding carboxylic acids is 1. The Labute approximate surface area is 127 Å². The zero-order chi connectivity index (χ0) is 15.5. The van der Waals surface area contributed by atoms with Crippen LogP contribution in [0.2, 0.25) is 0 Å². The Morgan fingerprint density at radius 2 is 2.32 bits per heavy atom. The Hall–Kier alpha value is -2.44. The summed E-state index contributed by atoms with van der Waals surface area (Å²) < 4.78 is 17.1. The lowest BCUT2D eigenvalue weighted by Gasteiger charge is -2.35. The molecule has 0 atom stereocenters. The van der Waals surface area contributed by atoms with E-state index in [1.807, 2.05) is 13.1 Å². The highest BCUT2D eigenvalue weighted by molar-refractivity contribution is 6.02. The lowest BCUT2D eigenvalue weighted by atomic mass is 9.92. The van der Waals surface area contributed by atoms with Crippen LogP contribution in [0.25, 0.3) is 0 Å². The second kappa shape index (κ2) is 6.13. The first-order chi connectivity index (χ1) is 10.7. The summed E-state index contributed by atoms with van der Waals surface area (Å²) in [5.41, 5.74) is 0.601. The molecule has 2 aromatic heterocycles. The maximum atomic E-state index is 12.3. The highest BCUT2D eigenvalue weighted by Gasteiger charge is 2.22. The van der Waals surface area contributed by atoms with Crippen molar-refractivity contribution < 1.29 is 13.6 Å². The molecule has 0 spiro atoms. The van der Waals surface area contributed by atoms with Crippen molar-refractivity contribution in [2.24, 2.45) is 0 Å². The number of oxazole rings is 1. The lowest BCUT2D eigenvalue weighted by Crippen LogP contribution is -2.37. The third-order valence-corrected chi connectivity index (χ3v) is 3.89. The van der Waals surface area contributed by atoms with Crippen LogP contribution in [0.1, 0.15) is 35.6 Å². The number of amides is 1. The number of hydrogen-bond acceptors (Lipinski definition) is 5. The first kappa shape index (κ1) is 14.5. The molecular formula is C15H17FN4O2. The van der Waals surface area contributed by atoms with Crippen molar-refractivity contribution in [2.75, 3.05) is 17.3 Å². The molecular weight excluding hydrogens is 287 g/mol. The Kier molecular flexibility index (Phi) is 4.04. The number of carbonyl (C=O) groups is 1. The second-order valence-electron chi connectivity index (χ2n) is 5.31. The van der Waals surface area contributed by atoms with Gasteiger partial charge in [0.1, 0.15) is 12.1 Å². The number of hydrogen-bond donors (Lipinski definition) is 1. The molecule has 0 aliphatic heterocycles. The van der Waals surface area contributed by atoms with Gasteiger partial charge < -0.3 is 14.6 Å². The van der Waals surface area contributed by atoms with Crippen LogP contribution in [0.4, 0.5) is 15.9 Å². The van der Waals surface area contributed by atoms with Crippen molar-refractivity contribution in [3.05, 3.63) is 36.2 Å². The fourth-order valence-corrected chi connectivity index (χ4v) is 2.30. The quantitative estimate of drug-likeness (QED) is 0.919. The van der Waals surface area contributed by atoms with Crippen LogP contribution in [-0.2, 0) is 6.67 Å². The Balaban J connectivity index is 1.64. The summed E-state index contributed by atoms with van der Waals surface area (Å²) in [6, 6.07) is 4.21. The van der Waals surface area contributed by atoms with Crippen molar-refractivity contribution in [3.8, 4) is 0 Å². The van der Waals surface area contributed by atoms with Gasteiger partial charge in [-0.3, -0.25) is 4.79 Å². The summed E-state index contributed by atoms with van der Waals surface area (Å²) in [5.74, 6) is 0.315. The average molecular weight is 304 g/mol. The number of pyridine rings is 1. The first-order valence-corrected chi connectivity index (χ1v) is 7.18. The highest BCUT2D eigenvalue weighted by atomic mass is 19.1. The van der Waals surface area contributed by atoms with Gasteiger partial charge in [-0.2, -0.15) is 0 Å². The van der Waals surface area contributed by atoms with E-state index in [-0.39, 0.29) is 11.6 Å². The third kappa shape index (κ3) is 2.93. The standard InChI is InChI=1S/C15H17FN4O2/c1-20(11-3-2-4-11)13-6-5-10(8-17-13)18-15(21)12-9-22-14(7-16)19-12/h5-6,8-9,11H,2-4,7H2,1H3,(H,18,21). The topological polar surface area (TPSA) is 71.3 Å². The minimum atomic E-state index is -0.836. The molecule has 7 heteroatoms. The van der Waals surface area contributed by atoms with E-state index in [0.717, 1.165) is 12.1 Å². The molecule has 22 heavy (non-hydrogen) atoms. The van der Waals surface area contributed by atoms with E-state index in [9.17, 15) is 9.18 Å². The fourth-order valence-electron chi connectivity index (χ4n) is 2.30. The van der Waals surface area contributed by atoms with E-state index in [1.165, 1.54) is 19.3 Å². The van der Waals surface area contributed by atoms with Crippen LogP contribution in [-0.4, -0.2) is 29.0 Å². The lowest BCUT2D eigenvalue weighted by molar-refractivity contribution is 0.102. The molecule has 3 rings (SSSR count). The molecule has 0 aromatic carbocycles. The van der Waals surface area contributed by atoms with Gasteiger partial charge in [0.25, 0.3) is 5.91 Å². The summed E-state index contributed by atoms with van der Waals surface area (Å²) in [4.78, 5) is 22.2. The van der Waals surface area contributed by atoms with Gasteiger partial charge in [-0.1, -0.05) is 0 Å². The molecule has 0 saturated heterocycles. The van der Waals surface area contributed by atoms with E-state index >= 15 is 0 Å². The summed E-state index contributed by atoms with van der Waals surface area (Å²) >= 11 is 0. The minimum absolute atomic E-state index is 0.0447. The van der Waals surface area contributed by atoms with Gasteiger partial charge in [0, 0.05) is 13.1 Å². The predicted octanol–water partition coefficient (Wildman–Crippen LogP) is 2.78. The van der Waals surface area contributed by atoms with Crippen LogP contribution in [0.3, 0.4) is 0 Å².